The van der Waals surface area contributed by atoms with E-state index in [9.17, 15) is 27.6 Å². The molecule has 0 radical (unpaired) electrons. The van der Waals surface area contributed by atoms with Crippen LogP contribution < -0.4 is 0 Å². The summed E-state index contributed by atoms with van der Waals surface area (Å²) in [5.74, 6) is -6.73. The number of aliphatic carboxylic acids is 1. The van der Waals surface area contributed by atoms with Crippen molar-refractivity contribution in [2.75, 3.05) is 0 Å². The number of alkyl halides is 2. The third kappa shape index (κ3) is 4.89. The number of carboxylic acids is 1. The second-order valence-corrected chi connectivity index (χ2v) is 7.03. The van der Waals surface area contributed by atoms with Crippen LogP contribution in [0.3, 0.4) is 0 Å². The Morgan fingerprint density at radius 1 is 1.19 bits per heavy atom. The lowest BCUT2D eigenvalue weighted by molar-refractivity contribution is -0.150. The molecule has 1 saturated carbocycles. The van der Waals surface area contributed by atoms with Gasteiger partial charge >= 0.3 is 5.97 Å². The topological polar surface area (TPSA) is 84.3 Å². The zero-order valence-corrected chi connectivity index (χ0v) is 14.4. The molecule has 26 heavy (non-hydrogen) atoms. The lowest BCUT2D eigenvalue weighted by Crippen LogP contribution is -2.35. The number of aryl methyl sites for hydroxylation is 1. The van der Waals surface area contributed by atoms with E-state index in [2.05, 4.69) is 4.98 Å². The number of halogens is 3. The maximum Gasteiger partial charge on any atom is 0.372 e. The molecule has 0 aliphatic heterocycles. The predicted molar refractivity (Wildman–Crippen MR) is 85.5 cm³/mol. The number of nitrogens with zero attached hydrogens (tertiary/aromatic N) is 1. The van der Waals surface area contributed by atoms with Gasteiger partial charge in [0.15, 0.2) is 0 Å². The van der Waals surface area contributed by atoms with Gasteiger partial charge in [-0.2, -0.15) is 0 Å². The number of Topliss-reactive ketones (excluding diaryl/α,β-unsaturated/α-hetero) is 2. The molecule has 5 nitrogen and oxygen atoms in total. The van der Waals surface area contributed by atoms with E-state index in [0.717, 1.165) is 0 Å². The summed E-state index contributed by atoms with van der Waals surface area (Å²) in [5.41, 5.74) is -0.190. The van der Waals surface area contributed by atoms with Crippen molar-refractivity contribution in [2.45, 2.75) is 63.2 Å². The summed E-state index contributed by atoms with van der Waals surface area (Å²) < 4.78 is 41.1. The normalized spacial score (nSPS) is 18.3. The molecule has 1 aliphatic carbocycles. The molecule has 142 valence electrons. The highest BCUT2D eigenvalue weighted by Crippen LogP contribution is 2.45. The van der Waals surface area contributed by atoms with E-state index in [1.165, 1.54) is 12.3 Å². The Morgan fingerprint density at radius 2 is 1.81 bits per heavy atom. The molecule has 1 N–H and O–H groups in total. The molecule has 1 aromatic rings. The SMILES string of the molecule is CC1(c2ncc(CCC(=O)CC(=O)C(=O)O)cc2F)CCC(F)(F)CC1. The molecule has 1 aliphatic rings. The summed E-state index contributed by atoms with van der Waals surface area (Å²) in [5, 5.41) is 8.46. The lowest BCUT2D eigenvalue weighted by atomic mass is 9.71. The van der Waals surface area contributed by atoms with Gasteiger partial charge in [0.2, 0.25) is 11.7 Å². The van der Waals surface area contributed by atoms with Crippen molar-refractivity contribution in [3.8, 4) is 0 Å². The van der Waals surface area contributed by atoms with Crippen LogP contribution in [-0.4, -0.2) is 33.5 Å². The van der Waals surface area contributed by atoms with E-state index in [-0.39, 0.29) is 44.2 Å². The van der Waals surface area contributed by atoms with Crippen LogP contribution in [0.2, 0.25) is 0 Å². The zero-order valence-electron chi connectivity index (χ0n) is 14.4. The molecule has 1 fully saturated rings. The van der Waals surface area contributed by atoms with Crippen LogP contribution in [0.25, 0.3) is 0 Å². The van der Waals surface area contributed by atoms with E-state index in [1.54, 1.807) is 6.92 Å². The van der Waals surface area contributed by atoms with E-state index in [1.807, 2.05) is 0 Å². The summed E-state index contributed by atoms with van der Waals surface area (Å²) >= 11 is 0. The highest BCUT2D eigenvalue weighted by molar-refractivity contribution is 6.36. The number of aromatic nitrogens is 1. The van der Waals surface area contributed by atoms with Crippen LogP contribution in [0.5, 0.6) is 0 Å². The van der Waals surface area contributed by atoms with Crippen LogP contribution in [-0.2, 0) is 26.2 Å². The number of hydrogen-bond donors (Lipinski definition) is 1. The Labute approximate surface area is 148 Å². The maximum absolute atomic E-state index is 14.4. The third-order valence-corrected chi connectivity index (χ3v) is 4.84. The summed E-state index contributed by atoms with van der Waals surface area (Å²) in [6, 6.07) is 1.21. The van der Waals surface area contributed by atoms with Crippen molar-refractivity contribution in [1.29, 1.82) is 0 Å². The van der Waals surface area contributed by atoms with Crippen LogP contribution in [0.15, 0.2) is 12.3 Å². The minimum absolute atomic E-state index is 0.108. The molecular weight excluding hydrogens is 351 g/mol. The van der Waals surface area contributed by atoms with Gasteiger partial charge in [0, 0.05) is 30.9 Å². The van der Waals surface area contributed by atoms with Crippen LogP contribution in [0.4, 0.5) is 13.2 Å². The fraction of sp³-hybridized carbons (Fsp3) is 0.556. The van der Waals surface area contributed by atoms with Crippen molar-refractivity contribution < 1.29 is 32.7 Å². The summed E-state index contributed by atoms with van der Waals surface area (Å²) in [6.07, 6.45) is 0.362. The second-order valence-electron chi connectivity index (χ2n) is 7.03. The smallest absolute Gasteiger partial charge is 0.372 e. The molecule has 0 atom stereocenters. The Kier molecular flexibility index (Phi) is 5.83. The predicted octanol–water partition coefficient (Wildman–Crippen LogP) is 3.23. The number of hydrogen-bond acceptors (Lipinski definition) is 4. The van der Waals surface area contributed by atoms with Crippen molar-refractivity contribution >= 4 is 17.5 Å². The molecule has 0 amide bonds. The first-order chi connectivity index (χ1) is 12.0. The first kappa shape index (κ1) is 20.1. The van der Waals surface area contributed by atoms with Gasteiger partial charge in [0.25, 0.3) is 0 Å². The highest BCUT2D eigenvalue weighted by atomic mass is 19.3. The van der Waals surface area contributed by atoms with Gasteiger partial charge in [-0.15, -0.1) is 0 Å². The van der Waals surface area contributed by atoms with E-state index < -0.39 is 41.1 Å². The molecule has 0 spiro atoms. The fourth-order valence-electron chi connectivity index (χ4n) is 3.09. The van der Waals surface area contributed by atoms with Crippen molar-refractivity contribution in [1.82, 2.24) is 4.98 Å². The van der Waals surface area contributed by atoms with Gasteiger partial charge < -0.3 is 5.11 Å². The minimum atomic E-state index is -2.72. The molecule has 1 aromatic heterocycles. The Bertz CT molecular complexity index is 723. The van der Waals surface area contributed by atoms with Crippen molar-refractivity contribution in [3.63, 3.8) is 0 Å². The van der Waals surface area contributed by atoms with Gasteiger partial charge in [0.1, 0.15) is 11.6 Å². The van der Waals surface area contributed by atoms with E-state index in [4.69, 9.17) is 5.11 Å². The zero-order chi connectivity index (χ0) is 19.5. The van der Waals surface area contributed by atoms with Crippen molar-refractivity contribution in [2.24, 2.45) is 0 Å². The van der Waals surface area contributed by atoms with Crippen molar-refractivity contribution in [3.05, 3.63) is 29.3 Å². The molecule has 0 aromatic carbocycles. The van der Waals surface area contributed by atoms with E-state index >= 15 is 0 Å². The highest BCUT2D eigenvalue weighted by Gasteiger charge is 2.43. The van der Waals surface area contributed by atoms with Gasteiger partial charge in [0.05, 0.1) is 12.1 Å². The Morgan fingerprint density at radius 3 is 2.35 bits per heavy atom. The molecule has 2 rings (SSSR count). The van der Waals surface area contributed by atoms with Gasteiger partial charge in [-0.25, -0.2) is 18.0 Å². The Balaban J connectivity index is 2.00. The fourth-order valence-corrected chi connectivity index (χ4v) is 3.09. The quantitative estimate of drug-likeness (QED) is 0.588. The molecule has 0 unspecified atom stereocenters. The maximum atomic E-state index is 14.4. The number of carboxylic acid groups (broad SMARTS) is 1. The second kappa shape index (κ2) is 7.55. The van der Waals surface area contributed by atoms with Gasteiger partial charge in [-0.3, -0.25) is 14.6 Å². The van der Waals surface area contributed by atoms with Gasteiger partial charge in [-0.05, 0) is 30.9 Å². The minimum Gasteiger partial charge on any atom is -0.475 e. The molecule has 8 heteroatoms. The first-order valence-corrected chi connectivity index (χ1v) is 8.33. The number of carbonyl (C=O) groups excluding carboxylic acids is 2. The van der Waals surface area contributed by atoms with Gasteiger partial charge in [-0.1, -0.05) is 6.92 Å². The standard InChI is InChI=1S/C18H20F3NO4/c1-17(4-6-18(20,21)7-5-17)15-13(19)8-11(10-22-15)2-3-12(23)9-14(24)16(25)26/h8,10H,2-7,9H2,1H3,(H,25,26). The van der Waals surface area contributed by atoms with Crippen LogP contribution in [0, 0.1) is 5.82 Å². The Hall–Kier alpha value is -2.25. The first-order valence-electron chi connectivity index (χ1n) is 8.33. The average molecular weight is 371 g/mol. The largest absolute Gasteiger partial charge is 0.475 e. The van der Waals surface area contributed by atoms with Crippen LogP contribution >= 0.6 is 0 Å². The number of rotatable bonds is 7. The summed E-state index contributed by atoms with van der Waals surface area (Å²) in [6.45, 7) is 1.72. The average Bonchev–Trinajstić information content (AvgIpc) is 2.56. The van der Waals surface area contributed by atoms with E-state index in [0.29, 0.717) is 5.56 Å². The lowest BCUT2D eigenvalue weighted by Gasteiger charge is -2.36. The summed E-state index contributed by atoms with van der Waals surface area (Å²) in [7, 11) is 0. The number of pyridine rings is 1. The molecule has 1 heterocycles. The van der Waals surface area contributed by atoms with Crippen LogP contribution in [0.1, 0.15) is 56.7 Å². The summed E-state index contributed by atoms with van der Waals surface area (Å²) in [4.78, 5) is 37.0. The monoisotopic (exact) mass is 371 g/mol. The third-order valence-electron chi connectivity index (χ3n) is 4.84. The number of carbonyl (C=O) groups is 3. The molecule has 0 bridgehead atoms. The molecular formula is C18H20F3NO4. The molecule has 0 saturated heterocycles. The number of ketones is 2.